The normalized spacial score (nSPS) is 10.7. The molecule has 0 aliphatic heterocycles. The predicted molar refractivity (Wildman–Crippen MR) is 117 cm³/mol. The zero-order chi connectivity index (χ0) is 21.2. The molecule has 0 bridgehead atoms. The van der Waals surface area contributed by atoms with Gasteiger partial charge < -0.3 is 5.32 Å². The third kappa shape index (κ3) is 6.31. The van der Waals surface area contributed by atoms with Crippen LogP contribution in [0.2, 0.25) is 0 Å². The molecule has 0 aromatic heterocycles. The number of carbonyl (C=O) groups is 3. The van der Waals surface area contributed by atoms with E-state index < -0.39 is 11.8 Å². The first-order chi connectivity index (χ1) is 14.6. The minimum absolute atomic E-state index is 0.0199. The number of fused-ring (bicyclic) bond motifs is 1. The van der Waals surface area contributed by atoms with Crippen molar-refractivity contribution in [3.8, 4) is 0 Å². The number of hydrogen-bond donors (Lipinski definition) is 3. The molecule has 6 heteroatoms. The van der Waals surface area contributed by atoms with E-state index in [9.17, 15) is 14.4 Å². The standard InChI is InChI=1S/C24H23N3O3/c28-22(25-17-18-7-2-1-3-8-18)15-16-24(30)27-26-23(29)14-13-20-11-6-10-19-9-4-5-12-21(19)20/h1-14H,15-17H2,(H,25,28)(H,26,29)(H,27,30)/b14-13-. The molecule has 30 heavy (non-hydrogen) atoms. The Balaban J connectivity index is 1.39. The van der Waals surface area contributed by atoms with Crippen LogP contribution in [0.4, 0.5) is 0 Å². The smallest absolute Gasteiger partial charge is 0.262 e. The van der Waals surface area contributed by atoms with E-state index in [0.717, 1.165) is 21.9 Å². The van der Waals surface area contributed by atoms with Crippen LogP contribution in [-0.2, 0) is 20.9 Å². The summed E-state index contributed by atoms with van der Waals surface area (Å²) in [6, 6.07) is 23.2. The SMILES string of the molecule is O=C(/C=C\c1cccc2ccccc12)NNC(=O)CCC(=O)NCc1ccccc1. The van der Waals surface area contributed by atoms with E-state index in [0.29, 0.717) is 6.54 Å². The minimum Gasteiger partial charge on any atom is -0.352 e. The Morgan fingerprint density at radius 3 is 2.27 bits per heavy atom. The lowest BCUT2D eigenvalue weighted by Gasteiger charge is -2.07. The fourth-order valence-electron chi connectivity index (χ4n) is 2.91. The molecule has 0 atom stereocenters. The first kappa shape index (κ1) is 20.8. The highest BCUT2D eigenvalue weighted by Crippen LogP contribution is 2.19. The van der Waals surface area contributed by atoms with Crippen molar-refractivity contribution in [2.75, 3.05) is 0 Å². The van der Waals surface area contributed by atoms with Crippen LogP contribution in [0.1, 0.15) is 24.0 Å². The Bertz CT molecular complexity index is 1060. The Morgan fingerprint density at radius 2 is 1.43 bits per heavy atom. The molecule has 3 N–H and O–H groups in total. The number of benzene rings is 3. The van der Waals surface area contributed by atoms with Gasteiger partial charge in [-0.3, -0.25) is 25.2 Å². The molecule has 0 aliphatic rings. The average molecular weight is 401 g/mol. The molecule has 0 heterocycles. The van der Waals surface area contributed by atoms with E-state index in [1.54, 1.807) is 6.08 Å². The van der Waals surface area contributed by atoms with Crippen molar-refractivity contribution >= 4 is 34.6 Å². The topological polar surface area (TPSA) is 87.3 Å². The van der Waals surface area contributed by atoms with Crippen LogP contribution in [0.15, 0.2) is 78.9 Å². The molecule has 0 unspecified atom stereocenters. The largest absolute Gasteiger partial charge is 0.352 e. The van der Waals surface area contributed by atoms with Gasteiger partial charge in [-0.05, 0) is 28.0 Å². The van der Waals surface area contributed by atoms with E-state index in [2.05, 4.69) is 16.2 Å². The fourth-order valence-corrected chi connectivity index (χ4v) is 2.91. The van der Waals surface area contributed by atoms with Crippen LogP contribution in [0.3, 0.4) is 0 Å². The van der Waals surface area contributed by atoms with Crippen LogP contribution >= 0.6 is 0 Å². The van der Waals surface area contributed by atoms with Gasteiger partial charge >= 0.3 is 0 Å². The lowest BCUT2D eigenvalue weighted by Crippen LogP contribution is -2.41. The van der Waals surface area contributed by atoms with E-state index in [4.69, 9.17) is 0 Å². The maximum Gasteiger partial charge on any atom is 0.262 e. The van der Waals surface area contributed by atoms with Crippen molar-refractivity contribution in [1.82, 2.24) is 16.2 Å². The van der Waals surface area contributed by atoms with Gasteiger partial charge in [0.05, 0.1) is 0 Å². The first-order valence-electron chi connectivity index (χ1n) is 9.67. The van der Waals surface area contributed by atoms with Gasteiger partial charge in [-0.1, -0.05) is 72.8 Å². The molecule has 0 saturated heterocycles. The summed E-state index contributed by atoms with van der Waals surface area (Å²) >= 11 is 0. The van der Waals surface area contributed by atoms with Crippen molar-refractivity contribution in [3.05, 3.63) is 90.0 Å². The zero-order valence-electron chi connectivity index (χ0n) is 16.4. The van der Waals surface area contributed by atoms with E-state index >= 15 is 0 Å². The maximum absolute atomic E-state index is 12.0. The summed E-state index contributed by atoms with van der Waals surface area (Å²) in [5.41, 5.74) is 6.53. The molecule has 0 saturated carbocycles. The summed E-state index contributed by atoms with van der Waals surface area (Å²) in [7, 11) is 0. The monoisotopic (exact) mass is 401 g/mol. The van der Waals surface area contributed by atoms with Gasteiger partial charge in [-0.25, -0.2) is 0 Å². The van der Waals surface area contributed by atoms with E-state index in [1.807, 2.05) is 72.8 Å². The second-order valence-electron chi connectivity index (χ2n) is 6.70. The van der Waals surface area contributed by atoms with Gasteiger partial charge in [-0.2, -0.15) is 0 Å². The first-order valence-corrected chi connectivity index (χ1v) is 9.67. The van der Waals surface area contributed by atoms with Crippen LogP contribution in [0.5, 0.6) is 0 Å². The molecule has 0 fully saturated rings. The van der Waals surface area contributed by atoms with Crippen molar-refractivity contribution < 1.29 is 14.4 Å². The molecule has 0 spiro atoms. The van der Waals surface area contributed by atoms with Gasteiger partial charge in [0.25, 0.3) is 5.91 Å². The fraction of sp³-hybridized carbons (Fsp3) is 0.125. The summed E-state index contributed by atoms with van der Waals surface area (Å²) in [6.45, 7) is 0.414. The Morgan fingerprint density at radius 1 is 0.733 bits per heavy atom. The van der Waals surface area contributed by atoms with Crippen LogP contribution in [-0.4, -0.2) is 17.7 Å². The number of hydrogen-bond acceptors (Lipinski definition) is 3. The lowest BCUT2D eigenvalue weighted by atomic mass is 10.0. The van der Waals surface area contributed by atoms with Crippen molar-refractivity contribution in [2.45, 2.75) is 19.4 Å². The number of nitrogens with one attached hydrogen (secondary N) is 3. The van der Waals surface area contributed by atoms with Crippen molar-refractivity contribution in [3.63, 3.8) is 0 Å². The quantitative estimate of drug-likeness (QED) is 0.420. The summed E-state index contributed by atoms with van der Waals surface area (Å²) in [5.74, 6) is -1.11. The third-order valence-electron chi connectivity index (χ3n) is 4.47. The second kappa shape index (κ2) is 10.6. The number of hydrazine groups is 1. The Hall–Kier alpha value is -3.93. The molecule has 3 rings (SSSR count). The van der Waals surface area contributed by atoms with Crippen molar-refractivity contribution in [1.29, 1.82) is 0 Å². The molecule has 0 aliphatic carbocycles. The Labute approximate surface area is 175 Å². The van der Waals surface area contributed by atoms with Crippen LogP contribution in [0, 0.1) is 0 Å². The molecule has 152 valence electrons. The second-order valence-corrected chi connectivity index (χ2v) is 6.70. The van der Waals surface area contributed by atoms with Crippen LogP contribution in [0.25, 0.3) is 16.8 Å². The molecule has 3 aromatic rings. The predicted octanol–water partition coefficient (Wildman–Crippen LogP) is 3.10. The minimum atomic E-state index is -0.454. The van der Waals surface area contributed by atoms with Crippen molar-refractivity contribution in [2.24, 2.45) is 0 Å². The van der Waals surface area contributed by atoms with E-state index in [1.165, 1.54) is 6.08 Å². The van der Waals surface area contributed by atoms with Gasteiger partial charge in [-0.15, -0.1) is 0 Å². The highest BCUT2D eigenvalue weighted by Gasteiger charge is 2.07. The summed E-state index contributed by atoms with van der Waals surface area (Å²) in [4.78, 5) is 35.6. The van der Waals surface area contributed by atoms with Gasteiger partial charge in [0.15, 0.2) is 0 Å². The molecule has 3 amide bonds. The number of rotatable bonds is 7. The van der Waals surface area contributed by atoms with Gasteiger partial charge in [0.1, 0.15) is 0 Å². The highest BCUT2D eigenvalue weighted by molar-refractivity contribution is 5.97. The molecular weight excluding hydrogens is 378 g/mol. The molecule has 3 aromatic carbocycles. The summed E-state index contributed by atoms with van der Waals surface area (Å²) in [6.07, 6.45) is 3.07. The lowest BCUT2D eigenvalue weighted by molar-refractivity contribution is -0.129. The van der Waals surface area contributed by atoms with Gasteiger partial charge in [0.2, 0.25) is 11.8 Å². The Kier molecular flexibility index (Phi) is 7.33. The van der Waals surface area contributed by atoms with Gasteiger partial charge in [0, 0.05) is 25.5 Å². The number of carbonyl (C=O) groups excluding carboxylic acids is 3. The van der Waals surface area contributed by atoms with E-state index in [-0.39, 0.29) is 18.7 Å². The van der Waals surface area contributed by atoms with Crippen LogP contribution < -0.4 is 16.2 Å². The molecule has 0 radical (unpaired) electrons. The molecular formula is C24H23N3O3. The zero-order valence-corrected chi connectivity index (χ0v) is 16.4. The number of amides is 3. The maximum atomic E-state index is 12.0. The highest BCUT2D eigenvalue weighted by atomic mass is 16.2. The summed E-state index contributed by atoms with van der Waals surface area (Å²) < 4.78 is 0. The molecule has 6 nitrogen and oxygen atoms in total. The average Bonchev–Trinajstić information content (AvgIpc) is 2.79. The summed E-state index contributed by atoms with van der Waals surface area (Å²) in [5, 5.41) is 4.87. The third-order valence-corrected chi connectivity index (χ3v) is 4.47.